The minimum Gasteiger partial charge on any atom is -0.448 e. The maximum atomic E-state index is 13.4. The number of hydrogen-bond donors (Lipinski definition) is 1. The van der Waals surface area contributed by atoms with Crippen molar-refractivity contribution in [1.82, 2.24) is 4.90 Å². The fraction of sp³-hybridized carbons (Fsp3) is 0.367. The Hall–Kier alpha value is -3.18. The van der Waals surface area contributed by atoms with Crippen molar-refractivity contribution in [2.75, 3.05) is 6.61 Å². The second-order valence-corrected chi connectivity index (χ2v) is 10.4. The molecule has 0 aromatic heterocycles. The first kappa shape index (κ1) is 22.3. The Balaban J connectivity index is 1.16. The molecule has 180 valence electrons. The maximum absolute atomic E-state index is 13.4. The third-order valence-electron chi connectivity index (χ3n) is 8.09. The number of carbonyl (C=O) groups is 1. The lowest BCUT2D eigenvalue weighted by Crippen LogP contribution is -2.60. The second-order valence-electron chi connectivity index (χ2n) is 10.4. The first-order valence-corrected chi connectivity index (χ1v) is 12.6. The first-order chi connectivity index (χ1) is 17.0. The van der Waals surface area contributed by atoms with Crippen LogP contribution in [0.5, 0.6) is 0 Å². The van der Waals surface area contributed by atoms with Crippen LogP contribution in [0.15, 0.2) is 72.8 Å². The number of fused-ring (bicyclic) bond motifs is 5. The van der Waals surface area contributed by atoms with Gasteiger partial charge in [0.15, 0.2) is 0 Å². The van der Waals surface area contributed by atoms with Gasteiger partial charge in [-0.05, 0) is 72.1 Å². The molecule has 2 heterocycles. The SMILES string of the molecule is O=C(OCC1c2ccccc2-c2ccccc21)N1C2CCCC1CC(O)(Cc1ccc(F)cc1)C2. The Morgan fingerprint density at radius 2 is 1.49 bits per heavy atom. The molecular weight excluding hydrogens is 441 g/mol. The highest BCUT2D eigenvalue weighted by molar-refractivity contribution is 5.79. The van der Waals surface area contributed by atoms with Crippen LogP contribution in [0.3, 0.4) is 0 Å². The third kappa shape index (κ3) is 4.12. The topological polar surface area (TPSA) is 49.8 Å². The minimum absolute atomic E-state index is 0.0337. The number of nitrogens with zero attached hydrogens (tertiary/aromatic N) is 1. The largest absolute Gasteiger partial charge is 0.448 e. The highest BCUT2D eigenvalue weighted by Gasteiger charge is 2.48. The van der Waals surface area contributed by atoms with Crippen LogP contribution in [0.1, 0.15) is 54.7 Å². The number of rotatable bonds is 4. The second kappa shape index (κ2) is 8.80. The number of carbonyl (C=O) groups excluding carboxylic acids is 1. The van der Waals surface area contributed by atoms with Crippen molar-refractivity contribution in [2.45, 2.75) is 62.1 Å². The molecular formula is C30H30FNO3. The number of piperidine rings is 2. The van der Waals surface area contributed by atoms with Crippen molar-refractivity contribution in [3.8, 4) is 11.1 Å². The Morgan fingerprint density at radius 3 is 2.09 bits per heavy atom. The van der Waals surface area contributed by atoms with Crippen molar-refractivity contribution >= 4 is 6.09 Å². The van der Waals surface area contributed by atoms with E-state index in [4.69, 9.17) is 4.74 Å². The molecule has 2 bridgehead atoms. The zero-order valence-electron chi connectivity index (χ0n) is 19.7. The molecule has 2 saturated heterocycles. The summed E-state index contributed by atoms with van der Waals surface area (Å²) in [4.78, 5) is 15.3. The van der Waals surface area contributed by atoms with Gasteiger partial charge in [0.25, 0.3) is 0 Å². The van der Waals surface area contributed by atoms with Gasteiger partial charge in [-0.15, -0.1) is 0 Å². The first-order valence-electron chi connectivity index (χ1n) is 12.6. The Labute approximate surface area is 205 Å². The summed E-state index contributed by atoms with van der Waals surface area (Å²) in [5, 5.41) is 11.4. The number of halogens is 1. The Kier molecular flexibility index (Phi) is 5.60. The van der Waals surface area contributed by atoms with Gasteiger partial charge in [0, 0.05) is 24.4 Å². The monoisotopic (exact) mass is 471 g/mol. The van der Waals surface area contributed by atoms with Gasteiger partial charge >= 0.3 is 6.09 Å². The average Bonchev–Trinajstić information content (AvgIpc) is 3.17. The molecule has 2 aliphatic heterocycles. The maximum Gasteiger partial charge on any atom is 0.410 e. The van der Waals surface area contributed by atoms with Gasteiger partial charge in [0.1, 0.15) is 12.4 Å². The zero-order valence-corrected chi connectivity index (χ0v) is 19.7. The van der Waals surface area contributed by atoms with Gasteiger partial charge in [-0.2, -0.15) is 0 Å². The molecule has 1 amide bonds. The van der Waals surface area contributed by atoms with Crippen LogP contribution in [0.25, 0.3) is 11.1 Å². The van der Waals surface area contributed by atoms with E-state index in [9.17, 15) is 14.3 Å². The van der Waals surface area contributed by atoms with Gasteiger partial charge in [-0.3, -0.25) is 0 Å². The smallest absolute Gasteiger partial charge is 0.410 e. The van der Waals surface area contributed by atoms with Crippen molar-refractivity contribution in [3.63, 3.8) is 0 Å². The predicted octanol–water partition coefficient (Wildman–Crippen LogP) is 6.07. The van der Waals surface area contributed by atoms with Gasteiger partial charge in [-0.1, -0.05) is 60.7 Å². The van der Waals surface area contributed by atoms with Gasteiger partial charge in [-0.25, -0.2) is 9.18 Å². The molecule has 5 heteroatoms. The number of ether oxygens (including phenoxy) is 1. The summed E-state index contributed by atoms with van der Waals surface area (Å²) >= 11 is 0. The molecule has 0 saturated carbocycles. The van der Waals surface area contributed by atoms with E-state index in [1.165, 1.54) is 34.4 Å². The van der Waals surface area contributed by atoms with Crippen molar-refractivity contribution in [2.24, 2.45) is 0 Å². The predicted molar refractivity (Wildman–Crippen MR) is 133 cm³/mol. The number of aliphatic hydroxyl groups is 1. The van der Waals surface area contributed by atoms with Crippen LogP contribution in [-0.4, -0.2) is 40.4 Å². The third-order valence-corrected chi connectivity index (χ3v) is 8.09. The van der Waals surface area contributed by atoms with Gasteiger partial charge < -0.3 is 14.7 Å². The van der Waals surface area contributed by atoms with E-state index in [0.29, 0.717) is 25.9 Å². The van der Waals surface area contributed by atoms with Crippen LogP contribution >= 0.6 is 0 Å². The van der Waals surface area contributed by atoms with E-state index in [0.717, 1.165) is 24.8 Å². The summed E-state index contributed by atoms with van der Waals surface area (Å²) in [6.45, 7) is 0.308. The molecule has 1 N–H and O–H groups in total. The normalized spacial score (nSPS) is 25.1. The van der Waals surface area contributed by atoms with Crippen LogP contribution in [0.2, 0.25) is 0 Å². The van der Waals surface area contributed by atoms with Gasteiger partial charge in [0.2, 0.25) is 0 Å². The van der Waals surface area contributed by atoms with E-state index >= 15 is 0 Å². The minimum atomic E-state index is -0.895. The van der Waals surface area contributed by atoms with Gasteiger partial charge in [0.05, 0.1) is 5.60 Å². The summed E-state index contributed by atoms with van der Waals surface area (Å²) in [7, 11) is 0. The standard InChI is InChI=1S/C30H30FNO3/c31-21-14-12-20(13-15-21)16-30(34)17-22-6-5-7-23(18-30)32(22)29(33)35-19-28-26-10-3-1-8-24(26)25-9-2-4-11-27(25)28/h1-4,8-15,22-23,28,34H,5-7,16-19H2. The van der Waals surface area contributed by atoms with E-state index < -0.39 is 5.60 Å². The summed E-state index contributed by atoms with van der Waals surface area (Å²) < 4.78 is 19.3. The molecule has 0 radical (unpaired) electrons. The van der Waals surface area contributed by atoms with E-state index in [1.807, 2.05) is 29.2 Å². The zero-order chi connectivity index (χ0) is 24.0. The fourth-order valence-corrected chi connectivity index (χ4v) is 6.62. The van der Waals surface area contributed by atoms with E-state index in [1.54, 1.807) is 12.1 Å². The molecule has 2 unspecified atom stereocenters. The average molecular weight is 472 g/mol. The number of benzene rings is 3. The lowest BCUT2D eigenvalue weighted by atomic mass is 9.73. The van der Waals surface area contributed by atoms with Crippen molar-refractivity contribution in [3.05, 3.63) is 95.3 Å². The molecule has 2 fully saturated rings. The quantitative estimate of drug-likeness (QED) is 0.503. The van der Waals surface area contributed by atoms with Crippen LogP contribution < -0.4 is 0 Å². The molecule has 3 aromatic rings. The van der Waals surface area contributed by atoms with Crippen LogP contribution in [0, 0.1) is 5.82 Å². The van der Waals surface area contributed by atoms with E-state index in [2.05, 4.69) is 24.3 Å². The lowest BCUT2D eigenvalue weighted by molar-refractivity contribution is -0.0840. The van der Waals surface area contributed by atoms with Crippen LogP contribution in [0.4, 0.5) is 9.18 Å². The summed E-state index contributed by atoms with van der Waals surface area (Å²) in [6.07, 6.45) is 4.02. The molecule has 6 rings (SSSR count). The highest BCUT2D eigenvalue weighted by Crippen LogP contribution is 2.45. The molecule has 1 aliphatic carbocycles. The number of amides is 1. The lowest BCUT2D eigenvalue weighted by Gasteiger charge is -2.51. The Morgan fingerprint density at radius 1 is 0.914 bits per heavy atom. The Bertz CT molecular complexity index is 1180. The van der Waals surface area contributed by atoms with E-state index in [-0.39, 0.29) is 29.9 Å². The van der Waals surface area contributed by atoms with Crippen LogP contribution in [-0.2, 0) is 11.2 Å². The number of hydrogen-bond acceptors (Lipinski definition) is 3. The molecule has 3 aliphatic rings. The summed E-state index contributed by atoms with van der Waals surface area (Å²) in [5.74, 6) is -0.242. The highest BCUT2D eigenvalue weighted by atomic mass is 19.1. The molecule has 2 atom stereocenters. The molecule has 35 heavy (non-hydrogen) atoms. The molecule has 0 spiro atoms. The molecule has 4 nitrogen and oxygen atoms in total. The van der Waals surface area contributed by atoms with Crippen molar-refractivity contribution in [1.29, 1.82) is 0 Å². The summed E-state index contributed by atoms with van der Waals surface area (Å²) in [5.41, 5.74) is 4.85. The summed E-state index contributed by atoms with van der Waals surface area (Å²) in [6, 6.07) is 23.0. The van der Waals surface area contributed by atoms with Crippen molar-refractivity contribution < 1.29 is 19.0 Å². The fourth-order valence-electron chi connectivity index (χ4n) is 6.62. The molecule has 3 aromatic carbocycles.